The van der Waals surface area contributed by atoms with E-state index in [4.69, 9.17) is 0 Å². The Morgan fingerprint density at radius 3 is 2.71 bits per heavy atom. The molecule has 0 aromatic carbocycles. The van der Waals surface area contributed by atoms with Gasteiger partial charge in [-0.05, 0) is 6.07 Å². The average Bonchev–Trinajstić information content (AvgIpc) is 2.64. The molecule has 0 bridgehead atoms. The van der Waals surface area contributed by atoms with Gasteiger partial charge in [0, 0.05) is 19.3 Å². The highest BCUT2D eigenvalue weighted by Gasteiger charge is 2.16. The molecule has 0 spiro atoms. The average molecular weight is 255 g/mol. The zero-order valence-corrected chi connectivity index (χ0v) is 9.60. The molecular formula is C8H9N5O3S. The normalized spacial score (nSPS) is 11.4. The number of hydrogen-bond acceptors (Lipinski definition) is 5. The third-order valence-electron chi connectivity index (χ3n) is 2.00. The van der Waals surface area contributed by atoms with E-state index in [1.807, 2.05) is 0 Å². The first-order chi connectivity index (χ1) is 7.99. The molecule has 2 N–H and O–H groups in total. The maximum Gasteiger partial charge on any atom is 0.265 e. The third kappa shape index (κ3) is 2.33. The van der Waals surface area contributed by atoms with Crippen molar-refractivity contribution in [3.05, 3.63) is 35.0 Å². The Bertz CT molecular complexity index is 667. The van der Waals surface area contributed by atoms with Gasteiger partial charge in [0.25, 0.3) is 10.0 Å². The Kier molecular flexibility index (Phi) is 2.68. The summed E-state index contributed by atoms with van der Waals surface area (Å²) < 4.78 is 27.2. The Morgan fingerprint density at radius 1 is 1.41 bits per heavy atom. The lowest BCUT2D eigenvalue weighted by Gasteiger charge is -2.05. The van der Waals surface area contributed by atoms with Crippen LogP contribution in [0.15, 0.2) is 34.3 Å². The fraction of sp³-hybridized carbons (Fsp3) is 0.125. The van der Waals surface area contributed by atoms with Crippen LogP contribution in [0.2, 0.25) is 0 Å². The van der Waals surface area contributed by atoms with Crippen molar-refractivity contribution in [2.24, 2.45) is 7.05 Å². The lowest BCUT2D eigenvalue weighted by Crippen LogP contribution is -2.17. The minimum absolute atomic E-state index is 0.0555. The van der Waals surface area contributed by atoms with E-state index in [1.165, 1.54) is 17.1 Å². The van der Waals surface area contributed by atoms with Crippen LogP contribution < -0.4 is 10.3 Å². The quantitative estimate of drug-likeness (QED) is 0.754. The highest BCUT2D eigenvalue weighted by Crippen LogP contribution is 2.10. The molecule has 0 saturated carbocycles. The number of anilines is 1. The molecule has 0 saturated heterocycles. The Labute approximate surface area is 96.4 Å². The van der Waals surface area contributed by atoms with Gasteiger partial charge in [0.05, 0.1) is 0 Å². The second-order valence-electron chi connectivity index (χ2n) is 3.20. The largest absolute Gasteiger partial charge is 0.328 e. The number of pyridine rings is 1. The van der Waals surface area contributed by atoms with Crippen LogP contribution in [0, 0.1) is 0 Å². The fourth-order valence-corrected chi connectivity index (χ4v) is 2.14. The van der Waals surface area contributed by atoms with Gasteiger partial charge in [0.15, 0.2) is 0 Å². The first kappa shape index (κ1) is 11.3. The van der Waals surface area contributed by atoms with Gasteiger partial charge < -0.3 is 4.98 Å². The highest BCUT2D eigenvalue weighted by molar-refractivity contribution is 7.92. The SMILES string of the molecule is Cn1ncnc1NS(=O)(=O)c1ccc(=O)[nH]c1. The van der Waals surface area contributed by atoms with Crippen molar-refractivity contribution in [3.8, 4) is 0 Å². The maximum absolute atomic E-state index is 11.8. The second-order valence-corrected chi connectivity index (χ2v) is 4.88. The van der Waals surface area contributed by atoms with E-state index < -0.39 is 10.0 Å². The molecule has 90 valence electrons. The lowest BCUT2D eigenvalue weighted by molar-refractivity contribution is 0.599. The predicted molar refractivity (Wildman–Crippen MR) is 58.9 cm³/mol. The molecule has 0 aliphatic rings. The van der Waals surface area contributed by atoms with E-state index in [1.54, 1.807) is 7.05 Å². The van der Waals surface area contributed by atoms with Gasteiger partial charge in [0.2, 0.25) is 11.5 Å². The molecule has 0 aliphatic carbocycles. The standard InChI is InChI=1S/C8H9N5O3S/c1-13-8(10-5-11-13)12-17(15,16)6-2-3-7(14)9-4-6/h2-5H,1H3,(H,9,14)(H,10,11,12). The molecule has 8 nitrogen and oxygen atoms in total. The number of H-pyrrole nitrogens is 1. The van der Waals surface area contributed by atoms with Crippen molar-refractivity contribution < 1.29 is 8.42 Å². The molecule has 0 atom stereocenters. The van der Waals surface area contributed by atoms with E-state index in [0.29, 0.717) is 0 Å². The second kappa shape index (κ2) is 4.01. The first-order valence-corrected chi connectivity index (χ1v) is 6.03. The summed E-state index contributed by atoms with van der Waals surface area (Å²) >= 11 is 0. The van der Waals surface area contributed by atoms with Crippen LogP contribution in [-0.4, -0.2) is 28.2 Å². The number of aromatic amines is 1. The van der Waals surface area contributed by atoms with Crippen molar-refractivity contribution in [2.45, 2.75) is 4.90 Å². The minimum Gasteiger partial charge on any atom is -0.328 e. The molecule has 2 rings (SSSR count). The zero-order chi connectivity index (χ0) is 12.5. The summed E-state index contributed by atoms with van der Waals surface area (Å²) in [6.07, 6.45) is 2.34. The van der Waals surface area contributed by atoms with E-state index in [0.717, 1.165) is 12.3 Å². The van der Waals surface area contributed by atoms with E-state index in [-0.39, 0.29) is 16.4 Å². The molecule has 0 radical (unpaired) electrons. The summed E-state index contributed by atoms with van der Waals surface area (Å²) in [6, 6.07) is 2.34. The van der Waals surface area contributed by atoms with Crippen molar-refractivity contribution in [3.63, 3.8) is 0 Å². The van der Waals surface area contributed by atoms with Crippen LogP contribution in [0.5, 0.6) is 0 Å². The summed E-state index contributed by atoms with van der Waals surface area (Å²) in [6.45, 7) is 0. The van der Waals surface area contributed by atoms with Crippen LogP contribution in [0.25, 0.3) is 0 Å². The molecule has 2 aromatic rings. The van der Waals surface area contributed by atoms with Gasteiger partial charge in [0.1, 0.15) is 11.2 Å². The van der Waals surface area contributed by atoms with Crippen molar-refractivity contribution in [2.75, 3.05) is 4.72 Å². The molecule has 0 unspecified atom stereocenters. The Hall–Kier alpha value is -2.16. The fourth-order valence-electron chi connectivity index (χ4n) is 1.13. The van der Waals surface area contributed by atoms with Crippen molar-refractivity contribution >= 4 is 16.0 Å². The molecule has 0 aliphatic heterocycles. The van der Waals surface area contributed by atoms with E-state index >= 15 is 0 Å². The van der Waals surface area contributed by atoms with Gasteiger partial charge in [-0.2, -0.15) is 10.1 Å². The lowest BCUT2D eigenvalue weighted by atomic mass is 10.5. The molecule has 2 aromatic heterocycles. The summed E-state index contributed by atoms with van der Waals surface area (Å²) in [7, 11) is -2.21. The Morgan fingerprint density at radius 2 is 2.18 bits per heavy atom. The van der Waals surface area contributed by atoms with Crippen LogP contribution in [0.4, 0.5) is 5.95 Å². The molecule has 0 fully saturated rings. The monoisotopic (exact) mass is 255 g/mol. The zero-order valence-electron chi connectivity index (χ0n) is 8.78. The number of rotatable bonds is 3. The van der Waals surface area contributed by atoms with Gasteiger partial charge in [-0.3, -0.25) is 4.79 Å². The molecule has 0 amide bonds. The number of nitrogens with zero attached hydrogens (tertiary/aromatic N) is 3. The summed E-state index contributed by atoms with van der Waals surface area (Å²) in [5, 5.41) is 3.73. The number of aromatic nitrogens is 4. The highest BCUT2D eigenvalue weighted by atomic mass is 32.2. The third-order valence-corrected chi connectivity index (χ3v) is 3.33. The first-order valence-electron chi connectivity index (χ1n) is 4.54. The van der Waals surface area contributed by atoms with Gasteiger partial charge in [-0.15, -0.1) is 0 Å². The van der Waals surface area contributed by atoms with Crippen LogP contribution in [-0.2, 0) is 17.1 Å². The van der Waals surface area contributed by atoms with Crippen molar-refractivity contribution in [1.29, 1.82) is 0 Å². The topological polar surface area (TPSA) is 110 Å². The summed E-state index contributed by atoms with van der Waals surface area (Å²) in [5.41, 5.74) is -0.373. The maximum atomic E-state index is 11.8. The van der Waals surface area contributed by atoms with Crippen LogP contribution >= 0.6 is 0 Å². The molecular weight excluding hydrogens is 246 g/mol. The number of aryl methyl sites for hydroxylation is 1. The van der Waals surface area contributed by atoms with Gasteiger partial charge in [-0.1, -0.05) is 0 Å². The smallest absolute Gasteiger partial charge is 0.265 e. The van der Waals surface area contributed by atoms with Gasteiger partial charge >= 0.3 is 0 Å². The molecule has 17 heavy (non-hydrogen) atoms. The Balaban J connectivity index is 2.35. The van der Waals surface area contributed by atoms with E-state index in [9.17, 15) is 13.2 Å². The summed E-state index contributed by atoms with van der Waals surface area (Å²) in [4.78, 5) is 16.8. The number of hydrogen-bond donors (Lipinski definition) is 2. The molecule has 9 heteroatoms. The minimum atomic E-state index is -3.77. The molecule has 2 heterocycles. The van der Waals surface area contributed by atoms with Crippen molar-refractivity contribution in [1.82, 2.24) is 19.7 Å². The van der Waals surface area contributed by atoms with Gasteiger partial charge in [-0.25, -0.2) is 17.8 Å². The summed E-state index contributed by atoms with van der Waals surface area (Å²) in [5.74, 6) is 0.0937. The predicted octanol–water partition coefficient (Wildman–Crippen LogP) is -0.696. The van der Waals surface area contributed by atoms with Crippen LogP contribution in [0.3, 0.4) is 0 Å². The van der Waals surface area contributed by atoms with E-state index in [2.05, 4.69) is 19.8 Å². The number of nitrogens with one attached hydrogen (secondary N) is 2. The number of sulfonamides is 1. The van der Waals surface area contributed by atoms with Crippen LogP contribution in [0.1, 0.15) is 0 Å².